The predicted molar refractivity (Wildman–Crippen MR) is 120 cm³/mol. The third-order valence-electron chi connectivity index (χ3n) is 8.26. The molecule has 0 amide bonds. The number of hydrogen-bond acceptors (Lipinski definition) is 0. The monoisotopic (exact) mass is 434 g/mol. The molecule has 4 saturated carbocycles. The van der Waals surface area contributed by atoms with Gasteiger partial charge in [0.05, 0.1) is 0 Å². The third-order valence-corrected chi connectivity index (χ3v) is 12.3. The van der Waals surface area contributed by atoms with E-state index in [1.807, 2.05) is 0 Å². The van der Waals surface area contributed by atoms with Gasteiger partial charge in [-0.1, -0.05) is 105 Å². The van der Waals surface area contributed by atoms with Gasteiger partial charge < -0.3 is 0 Å². The van der Waals surface area contributed by atoms with Crippen molar-refractivity contribution in [1.29, 1.82) is 0 Å². The van der Waals surface area contributed by atoms with Crippen LogP contribution in [0.1, 0.15) is 129 Å². The fourth-order valence-electron chi connectivity index (χ4n) is 6.72. The summed E-state index contributed by atoms with van der Waals surface area (Å²) >= 11 is 0. The van der Waals surface area contributed by atoms with Crippen molar-refractivity contribution in [1.82, 2.24) is 0 Å². The van der Waals surface area contributed by atoms with Crippen LogP contribution < -0.4 is 0 Å². The molecule has 0 aromatic rings. The minimum atomic E-state index is 0. The minimum Gasteiger partial charge on any atom is -0.0971 e. The molecule has 4 aliphatic rings. The second-order valence-corrected chi connectivity index (χ2v) is 13.3. The average Bonchev–Trinajstić information content (AvgIpc) is 3.38. The first-order chi connectivity index (χ1) is 12.8. The van der Waals surface area contributed by atoms with Crippen LogP contribution in [-0.2, 0) is 17.1 Å². The predicted octanol–water partition coefficient (Wildman–Crippen LogP) is 8.91. The summed E-state index contributed by atoms with van der Waals surface area (Å²) in [5.41, 5.74) is 3.38. The first-order valence-electron chi connectivity index (χ1n) is 12.5. The molecule has 0 aromatic carbocycles. The van der Waals surface area contributed by atoms with Crippen molar-refractivity contribution in [2.75, 3.05) is 0 Å². The Labute approximate surface area is 183 Å². The van der Waals surface area contributed by atoms with E-state index in [0.717, 1.165) is 28.8 Å². The molecule has 0 aliphatic heterocycles. The van der Waals surface area contributed by atoms with E-state index in [1.54, 1.807) is 57.8 Å². The first kappa shape index (κ1) is 24.2. The molecule has 0 bridgehead atoms. The summed E-state index contributed by atoms with van der Waals surface area (Å²) in [4.78, 5) is 0. The Bertz CT molecular complexity index is 343. The summed E-state index contributed by atoms with van der Waals surface area (Å²) in [5.74, 6) is 2.11. The van der Waals surface area contributed by atoms with E-state index in [9.17, 15) is 0 Å². The molecule has 4 aliphatic carbocycles. The Hall–Kier alpha value is 0.949. The molecular formula is C25H47FeP. The molecule has 0 radical (unpaired) electrons. The molecular weight excluding hydrogens is 387 g/mol. The van der Waals surface area contributed by atoms with Crippen molar-refractivity contribution in [3.8, 4) is 0 Å². The van der Waals surface area contributed by atoms with Gasteiger partial charge in [-0.05, 0) is 60.9 Å². The van der Waals surface area contributed by atoms with Crippen LogP contribution in [0.3, 0.4) is 0 Å². The summed E-state index contributed by atoms with van der Waals surface area (Å²) < 4.78 is 0. The summed E-state index contributed by atoms with van der Waals surface area (Å²) in [7, 11) is 0.304. The zero-order valence-corrected chi connectivity index (χ0v) is 20.4. The molecule has 0 N–H and O–H groups in total. The van der Waals surface area contributed by atoms with Crippen LogP contribution in [0.5, 0.6) is 0 Å². The van der Waals surface area contributed by atoms with Gasteiger partial charge in [-0.25, -0.2) is 0 Å². The molecule has 2 heteroatoms. The number of hydrogen-bond donors (Lipinski definition) is 0. The van der Waals surface area contributed by atoms with Gasteiger partial charge in [-0.3, -0.25) is 0 Å². The number of rotatable bonds is 4. The molecule has 0 heterocycles. The Kier molecular flexibility index (Phi) is 11.9. The quantitative estimate of drug-likeness (QED) is 0.306. The van der Waals surface area contributed by atoms with Crippen molar-refractivity contribution in [2.24, 2.45) is 11.8 Å². The van der Waals surface area contributed by atoms with Gasteiger partial charge in [-0.2, -0.15) is 0 Å². The molecule has 0 saturated heterocycles. The minimum absolute atomic E-state index is 0. The SMILES string of the molecule is C1CCCC1.CC1CCCC1C(C)P(C1CCCCC1)C1CCCCC1.[Fe]. The Morgan fingerprint density at radius 3 is 1.33 bits per heavy atom. The van der Waals surface area contributed by atoms with Gasteiger partial charge in [0.1, 0.15) is 0 Å². The maximum Gasteiger partial charge on any atom is 0 e. The molecule has 27 heavy (non-hydrogen) atoms. The Morgan fingerprint density at radius 2 is 0.963 bits per heavy atom. The third kappa shape index (κ3) is 7.30. The van der Waals surface area contributed by atoms with Gasteiger partial charge >= 0.3 is 0 Å². The second-order valence-electron chi connectivity index (χ2n) is 10.1. The van der Waals surface area contributed by atoms with Crippen molar-refractivity contribution >= 4 is 7.92 Å². The summed E-state index contributed by atoms with van der Waals surface area (Å²) in [5, 5.41) is 0. The zero-order valence-electron chi connectivity index (χ0n) is 18.4. The van der Waals surface area contributed by atoms with E-state index in [0.29, 0.717) is 7.92 Å². The Morgan fingerprint density at radius 1 is 0.556 bits per heavy atom. The molecule has 160 valence electrons. The summed E-state index contributed by atoms with van der Waals surface area (Å²) in [6.07, 6.45) is 27.7. The van der Waals surface area contributed by atoms with Crippen LogP contribution in [0.15, 0.2) is 0 Å². The van der Waals surface area contributed by atoms with E-state index in [-0.39, 0.29) is 17.1 Å². The van der Waals surface area contributed by atoms with Crippen LogP contribution in [0, 0.1) is 11.8 Å². The molecule has 3 unspecified atom stereocenters. The maximum atomic E-state index is 2.70. The van der Waals surface area contributed by atoms with Crippen molar-refractivity contribution in [3.63, 3.8) is 0 Å². The van der Waals surface area contributed by atoms with Gasteiger partial charge in [0, 0.05) is 17.1 Å². The molecule has 3 atom stereocenters. The van der Waals surface area contributed by atoms with Crippen LogP contribution in [0.2, 0.25) is 0 Å². The van der Waals surface area contributed by atoms with E-state index in [1.165, 1.54) is 57.8 Å². The maximum absolute atomic E-state index is 2.70. The average molecular weight is 434 g/mol. The van der Waals surface area contributed by atoms with Gasteiger partial charge in [0.2, 0.25) is 0 Å². The summed E-state index contributed by atoms with van der Waals surface area (Å²) in [6.45, 7) is 5.25. The van der Waals surface area contributed by atoms with E-state index >= 15 is 0 Å². The molecule has 4 rings (SSSR count). The normalized spacial score (nSPS) is 31.2. The fraction of sp³-hybridized carbons (Fsp3) is 1.00. The van der Waals surface area contributed by atoms with E-state index in [4.69, 9.17) is 0 Å². The van der Waals surface area contributed by atoms with Crippen molar-refractivity contribution in [2.45, 2.75) is 146 Å². The first-order valence-corrected chi connectivity index (χ1v) is 14.1. The second kappa shape index (κ2) is 13.3. The van der Waals surface area contributed by atoms with E-state index < -0.39 is 0 Å². The van der Waals surface area contributed by atoms with Gasteiger partial charge in [0.15, 0.2) is 0 Å². The fourth-order valence-corrected chi connectivity index (χ4v) is 11.5. The van der Waals surface area contributed by atoms with Crippen LogP contribution >= 0.6 is 7.92 Å². The Balaban J connectivity index is 0.000000379. The topological polar surface area (TPSA) is 0 Å². The van der Waals surface area contributed by atoms with Crippen LogP contribution in [0.4, 0.5) is 0 Å². The standard InChI is InChI=1S/C20H37P.C5H10.Fe/c1-16-10-9-15-20(16)17(2)21(18-11-5-3-6-12-18)19-13-7-4-8-14-19;1-2-4-5-3-1;/h16-20H,3-15H2,1-2H3;1-5H2;. The van der Waals surface area contributed by atoms with Crippen molar-refractivity contribution < 1.29 is 17.1 Å². The smallest absolute Gasteiger partial charge is 0 e. The molecule has 4 fully saturated rings. The van der Waals surface area contributed by atoms with Gasteiger partial charge in [-0.15, -0.1) is 0 Å². The largest absolute Gasteiger partial charge is 0.0971 e. The van der Waals surface area contributed by atoms with E-state index in [2.05, 4.69) is 13.8 Å². The molecule has 0 spiro atoms. The van der Waals surface area contributed by atoms with Crippen LogP contribution in [0.25, 0.3) is 0 Å². The van der Waals surface area contributed by atoms with Crippen LogP contribution in [-0.4, -0.2) is 17.0 Å². The zero-order chi connectivity index (χ0) is 18.2. The summed E-state index contributed by atoms with van der Waals surface area (Å²) in [6, 6.07) is 0. The van der Waals surface area contributed by atoms with Gasteiger partial charge in [0.25, 0.3) is 0 Å². The molecule has 0 nitrogen and oxygen atoms in total. The molecule has 0 aromatic heterocycles. The van der Waals surface area contributed by atoms with Crippen molar-refractivity contribution in [3.05, 3.63) is 0 Å².